The van der Waals surface area contributed by atoms with Gasteiger partial charge in [-0.2, -0.15) is 0 Å². The average Bonchev–Trinajstić information content (AvgIpc) is 2.96. The normalized spacial score (nSPS) is 16.8. The van der Waals surface area contributed by atoms with Gasteiger partial charge < -0.3 is 4.42 Å². The van der Waals surface area contributed by atoms with Crippen LogP contribution in [0.15, 0.2) is 22.6 Å². The molecule has 1 saturated carbocycles. The third kappa shape index (κ3) is 1.86. The fourth-order valence-electron chi connectivity index (χ4n) is 2.51. The quantitative estimate of drug-likeness (QED) is 0.737. The Kier molecular flexibility index (Phi) is 2.46. The van der Waals surface area contributed by atoms with Crippen LogP contribution in [0.5, 0.6) is 0 Å². The molecule has 1 heterocycles. The zero-order chi connectivity index (χ0) is 11.8. The van der Waals surface area contributed by atoms with Crippen molar-refractivity contribution in [3.8, 4) is 0 Å². The van der Waals surface area contributed by atoms with Crippen LogP contribution in [0.25, 0.3) is 11.1 Å². The first kappa shape index (κ1) is 10.5. The van der Waals surface area contributed by atoms with Crippen LogP contribution in [0.1, 0.15) is 54.8 Å². The summed E-state index contributed by atoms with van der Waals surface area (Å²) in [6.45, 7) is 1.57. The number of carbonyl (C=O) groups is 1. The Labute approximate surface area is 99.8 Å². The summed E-state index contributed by atoms with van der Waals surface area (Å²) in [4.78, 5) is 15.8. The van der Waals surface area contributed by atoms with Crippen LogP contribution in [0.2, 0.25) is 0 Å². The molecule has 0 bridgehead atoms. The molecule has 0 N–H and O–H groups in total. The van der Waals surface area contributed by atoms with Crippen molar-refractivity contribution in [2.75, 3.05) is 0 Å². The second-order valence-corrected chi connectivity index (χ2v) is 4.77. The van der Waals surface area contributed by atoms with Gasteiger partial charge in [0.2, 0.25) is 0 Å². The van der Waals surface area contributed by atoms with E-state index in [4.69, 9.17) is 4.42 Å². The van der Waals surface area contributed by atoms with E-state index in [0.717, 1.165) is 17.0 Å². The van der Waals surface area contributed by atoms with Gasteiger partial charge in [-0.25, -0.2) is 4.98 Å². The zero-order valence-electron chi connectivity index (χ0n) is 9.90. The van der Waals surface area contributed by atoms with Crippen LogP contribution < -0.4 is 0 Å². The number of fused-ring (bicyclic) bond motifs is 1. The second kappa shape index (κ2) is 3.99. The zero-order valence-corrected chi connectivity index (χ0v) is 9.90. The van der Waals surface area contributed by atoms with Gasteiger partial charge in [0, 0.05) is 11.5 Å². The van der Waals surface area contributed by atoms with Crippen LogP contribution in [-0.4, -0.2) is 10.8 Å². The number of oxazole rings is 1. The predicted molar refractivity (Wildman–Crippen MR) is 65.2 cm³/mol. The van der Waals surface area contributed by atoms with Crippen molar-refractivity contribution in [1.29, 1.82) is 0 Å². The third-order valence-electron chi connectivity index (χ3n) is 3.52. The highest BCUT2D eigenvalue weighted by atomic mass is 16.3. The van der Waals surface area contributed by atoms with Crippen LogP contribution in [0.3, 0.4) is 0 Å². The maximum atomic E-state index is 11.3. The molecule has 0 unspecified atom stereocenters. The summed E-state index contributed by atoms with van der Waals surface area (Å²) < 4.78 is 5.76. The minimum absolute atomic E-state index is 0.0670. The van der Waals surface area contributed by atoms with Crippen LogP contribution >= 0.6 is 0 Å². The molecule has 2 aromatic rings. The molecule has 3 rings (SSSR count). The number of rotatable bonds is 2. The van der Waals surface area contributed by atoms with Crippen LogP contribution in [0.4, 0.5) is 0 Å². The number of nitrogens with zero attached hydrogens (tertiary/aromatic N) is 1. The molecule has 0 aliphatic heterocycles. The molecule has 3 heteroatoms. The minimum Gasteiger partial charge on any atom is -0.440 e. The Morgan fingerprint density at radius 1 is 1.35 bits per heavy atom. The Bertz CT molecular complexity index is 565. The highest BCUT2D eigenvalue weighted by molar-refractivity contribution is 5.96. The first-order chi connectivity index (χ1) is 8.24. The van der Waals surface area contributed by atoms with Crippen molar-refractivity contribution in [2.45, 2.75) is 38.5 Å². The standard InChI is InChI=1S/C14H15NO2/c1-9(16)11-6-7-13-12(8-11)15-14(17-13)10-4-2-3-5-10/h6-8,10H,2-5H2,1H3. The van der Waals surface area contributed by atoms with E-state index in [1.165, 1.54) is 25.7 Å². The minimum atomic E-state index is 0.0670. The summed E-state index contributed by atoms with van der Waals surface area (Å²) >= 11 is 0. The van der Waals surface area contributed by atoms with E-state index in [1.54, 1.807) is 13.0 Å². The number of aromatic nitrogens is 1. The molecule has 1 fully saturated rings. The highest BCUT2D eigenvalue weighted by Crippen LogP contribution is 2.35. The van der Waals surface area contributed by atoms with Gasteiger partial charge in [0.15, 0.2) is 17.3 Å². The van der Waals surface area contributed by atoms with Gasteiger partial charge in [-0.05, 0) is 38.0 Å². The van der Waals surface area contributed by atoms with E-state index < -0.39 is 0 Å². The Morgan fingerprint density at radius 2 is 2.12 bits per heavy atom. The molecule has 0 amide bonds. The monoisotopic (exact) mass is 229 g/mol. The number of hydrogen-bond acceptors (Lipinski definition) is 3. The SMILES string of the molecule is CC(=O)c1ccc2oc(C3CCCC3)nc2c1. The number of ketones is 1. The summed E-state index contributed by atoms with van der Waals surface area (Å²) in [5, 5.41) is 0. The summed E-state index contributed by atoms with van der Waals surface area (Å²) in [6.07, 6.45) is 4.88. The number of hydrogen-bond donors (Lipinski definition) is 0. The summed E-state index contributed by atoms with van der Waals surface area (Å²) in [7, 11) is 0. The molecule has 0 radical (unpaired) electrons. The van der Waals surface area contributed by atoms with Gasteiger partial charge in [0.25, 0.3) is 0 Å². The first-order valence-electron chi connectivity index (χ1n) is 6.15. The van der Waals surface area contributed by atoms with Crippen molar-refractivity contribution in [2.24, 2.45) is 0 Å². The molecule has 1 aromatic heterocycles. The second-order valence-electron chi connectivity index (χ2n) is 4.77. The molecule has 0 spiro atoms. The maximum Gasteiger partial charge on any atom is 0.198 e. The van der Waals surface area contributed by atoms with E-state index in [1.807, 2.05) is 12.1 Å². The summed E-state index contributed by atoms with van der Waals surface area (Å²) in [5.41, 5.74) is 2.29. The largest absolute Gasteiger partial charge is 0.440 e. The lowest BCUT2D eigenvalue weighted by Gasteiger charge is -2.00. The fourth-order valence-corrected chi connectivity index (χ4v) is 2.51. The lowest BCUT2D eigenvalue weighted by Crippen LogP contribution is -1.92. The van der Waals surface area contributed by atoms with Gasteiger partial charge in [0.1, 0.15) is 5.52 Å². The molecule has 17 heavy (non-hydrogen) atoms. The Balaban J connectivity index is 2.03. The molecule has 1 aliphatic carbocycles. The van der Waals surface area contributed by atoms with Crippen molar-refractivity contribution >= 4 is 16.9 Å². The summed E-state index contributed by atoms with van der Waals surface area (Å²) in [6, 6.07) is 5.46. The predicted octanol–water partition coefficient (Wildman–Crippen LogP) is 3.69. The van der Waals surface area contributed by atoms with Gasteiger partial charge in [-0.3, -0.25) is 4.79 Å². The van der Waals surface area contributed by atoms with E-state index in [9.17, 15) is 4.79 Å². The average molecular weight is 229 g/mol. The van der Waals surface area contributed by atoms with E-state index in [0.29, 0.717) is 11.5 Å². The molecule has 1 aromatic carbocycles. The lowest BCUT2D eigenvalue weighted by atomic mass is 10.1. The molecule has 0 atom stereocenters. The molecule has 3 nitrogen and oxygen atoms in total. The van der Waals surface area contributed by atoms with Crippen LogP contribution in [-0.2, 0) is 0 Å². The van der Waals surface area contributed by atoms with Crippen LogP contribution in [0, 0.1) is 0 Å². The molecular weight excluding hydrogens is 214 g/mol. The highest BCUT2D eigenvalue weighted by Gasteiger charge is 2.22. The van der Waals surface area contributed by atoms with E-state index in [-0.39, 0.29) is 5.78 Å². The van der Waals surface area contributed by atoms with Gasteiger partial charge in [-0.15, -0.1) is 0 Å². The first-order valence-corrected chi connectivity index (χ1v) is 6.15. The summed E-state index contributed by atoms with van der Waals surface area (Å²) in [5.74, 6) is 1.39. The molecule has 1 aliphatic rings. The van der Waals surface area contributed by atoms with Gasteiger partial charge >= 0.3 is 0 Å². The van der Waals surface area contributed by atoms with Crippen molar-refractivity contribution in [3.05, 3.63) is 29.7 Å². The number of carbonyl (C=O) groups excluding carboxylic acids is 1. The van der Waals surface area contributed by atoms with Crippen molar-refractivity contribution in [1.82, 2.24) is 4.98 Å². The van der Waals surface area contributed by atoms with Crippen molar-refractivity contribution in [3.63, 3.8) is 0 Å². The molecule has 88 valence electrons. The topological polar surface area (TPSA) is 43.1 Å². The fraction of sp³-hybridized carbons (Fsp3) is 0.429. The van der Waals surface area contributed by atoms with Crippen molar-refractivity contribution < 1.29 is 9.21 Å². The number of benzene rings is 1. The van der Waals surface area contributed by atoms with Gasteiger partial charge in [-0.1, -0.05) is 12.8 Å². The number of Topliss-reactive ketones (excluding diaryl/α,β-unsaturated/α-hetero) is 1. The Hall–Kier alpha value is -1.64. The van der Waals surface area contributed by atoms with Gasteiger partial charge in [0.05, 0.1) is 0 Å². The molecular formula is C14H15NO2. The lowest BCUT2D eigenvalue weighted by molar-refractivity contribution is 0.101. The third-order valence-corrected chi connectivity index (χ3v) is 3.52. The maximum absolute atomic E-state index is 11.3. The Morgan fingerprint density at radius 3 is 2.82 bits per heavy atom. The van der Waals surface area contributed by atoms with E-state index >= 15 is 0 Å². The smallest absolute Gasteiger partial charge is 0.198 e. The van der Waals surface area contributed by atoms with E-state index in [2.05, 4.69) is 4.98 Å². The molecule has 0 saturated heterocycles.